The van der Waals surface area contributed by atoms with Gasteiger partial charge in [0.25, 0.3) is 0 Å². The summed E-state index contributed by atoms with van der Waals surface area (Å²) >= 11 is 1.68. The summed E-state index contributed by atoms with van der Waals surface area (Å²) in [4.78, 5) is 16.4. The highest BCUT2D eigenvalue weighted by Crippen LogP contribution is 2.40. The lowest BCUT2D eigenvalue weighted by Crippen LogP contribution is -2.36. The molecule has 21 heavy (non-hydrogen) atoms. The van der Waals surface area contributed by atoms with Crippen molar-refractivity contribution in [2.24, 2.45) is 5.73 Å². The molecule has 0 aliphatic heterocycles. The summed E-state index contributed by atoms with van der Waals surface area (Å²) in [7, 11) is 0. The zero-order valence-corrected chi connectivity index (χ0v) is 12.8. The largest absolute Gasteiger partial charge is 0.440 e. The van der Waals surface area contributed by atoms with Crippen LogP contribution >= 0.6 is 11.8 Å². The molecule has 0 bridgehead atoms. The van der Waals surface area contributed by atoms with Crippen molar-refractivity contribution >= 4 is 34.5 Å². The summed E-state index contributed by atoms with van der Waals surface area (Å²) in [5.41, 5.74) is 8.10. The fraction of sp³-hybridized carbons (Fsp3) is 0.467. The molecule has 0 unspecified atom stereocenters. The minimum absolute atomic E-state index is 0.162. The number of aromatic nitrogens is 1. The number of hydrogen-bond donors (Lipinski definition) is 2. The minimum atomic E-state index is -0.482. The van der Waals surface area contributed by atoms with Gasteiger partial charge in [-0.25, -0.2) is 4.98 Å². The van der Waals surface area contributed by atoms with E-state index < -0.39 is 6.04 Å². The van der Waals surface area contributed by atoms with Crippen LogP contribution in [0.25, 0.3) is 11.1 Å². The van der Waals surface area contributed by atoms with Crippen LogP contribution in [0.2, 0.25) is 0 Å². The summed E-state index contributed by atoms with van der Waals surface area (Å²) in [5, 5.41) is 2.84. The molecule has 1 heterocycles. The van der Waals surface area contributed by atoms with Crippen LogP contribution < -0.4 is 11.1 Å². The molecule has 1 atom stereocenters. The highest BCUT2D eigenvalue weighted by molar-refractivity contribution is 7.98. The molecule has 0 radical (unpaired) electrons. The smallest absolute Gasteiger partial charge is 0.241 e. The van der Waals surface area contributed by atoms with Crippen LogP contribution in [0.15, 0.2) is 22.6 Å². The second kappa shape index (κ2) is 6.07. The quantitative estimate of drug-likeness (QED) is 0.857. The van der Waals surface area contributed by atoms with E-state index in [9.17, 15) is 4.79 Å². The number of carbonyl (C=O) groups is 1. The molecule has 3 rings (SSSR count). The van der Waals surface area contributed by atoms with Crippen LogP contribution in [0.5, 0.6) is 0 Å². The van der Waals surface area contributed by atoms with Gasteiger partial charge in [0, 0.05) is 17.7 Å². The third-order valence-electron chi connectivity index (χ3n) is 3.57. The Morgan fingerprint density at radius 3 is 3.10 bits per heavy atom. The molecule has 1 aromatic carbocycles. The van der Waals surface area contributed by atoms with Crippen LogP contribution in [-0.2, 0) is 4.79 Å². The average molecular weight is 305 g/mol. The van der Waals surface area contributed by atoms with Gasteiger partial charge in [0.15, 0.2) is 11.5 Å². The summed E-state index contributed by atoms with van der Waals surface area (Å²) in [6.45, 7) is 0. The Morgan fingerprint density at radius 2 is 2.38 bits per heavy atom. The standard InChI is InChI=1S/C15H19N3O2S/c1-21-7-6-11(16)14(19)17-10-4-5-12-13(8-10)20-15(18-12)9-2-3-9/h4-5,8-9,11H,2-3,6-7,16H2,1H3,(H,17,19)/t11-/m0/s1. The SMILES string of the molecule is CSCC[C@H](N)C(=O)Nc1ccc2nc(C3CC3)oc2c1. The van der Waals surface area contributed by atoms with E-state index in [0.29, 0.717) is 23.6 Å². The second-order valence-electron chi connectivity index (χ2n) is 5.39. The van der Waals surface area contributed by atoms with Gasteiger partial charge < -0.3 is 15.5 Å². The van der Waals surface area contributed by atoms with Crippen LogP contribution in [0.4, 0.5) is 5.69 Å². The van der Waals surface area contributed by atoms with Crippen molar-refractivity contribution in [3.05, 3.63) is 24.1 Å². The third-order valence-corrected chi connectivity index (χ3v) is 4.21. The third kappa shape index (κ3) is 3.39. The van der Waals surface area contributed by atoms with Crippen molar-refractivity contribution in [1.29, 1.82) is 0 Å². The molecule has 1 aliphatic carbocycles. The number of hydrogen-bond acceptors (Lipinski definition) is 5. The molecule has 1 aliphatic rings. The summed E-state index contributed by atoms with van der Waals surface area (Å²) < 4.78 is 5.74. The first-order valence-electron chi connectivity index (χ1n) is 7.13. The van der Waals surface area contributed by atoms with Gasteiger partial charge in [-0.1, -0.05) is 0 Å². The average Bonchev–Trinajstić information content (AvgIpc) is 3.24. The Balaban J connectivity index is 1.70. The van der Waals surface area contributed by atoms with Gasteiger partial charge in [-0.2, -0.15) is 11.8 Å². The number of oxazole rings is 1. The number of fused-ring (bicyclic) bond motifs is 1. The van der Waals surface area contributed by atoms with Crippen molar-refractivity contribution in [3.8, 4) is 0 Å². The number of thioether (sulfide) groups is 1. The topological polar surface area (TPSA) is 81.2 Å². The maximum absolute atomic E-state index is 12.0. The molecular weight excluding hydrogens is 286 g/mol. The van der Waals surface area contributed by atoms with E-state index in [1.165, 1.54) is 0 Å². The number of benzene rings is 1. The molecule has 0 saturated heterocycles. The zero-order chi connectivity index (χ0) is 14.8. The number of amides is 1. The summed E-state index contributed by atoms with van der Waals surface area (Å²) in [6, 6.07) is 5.03. The van der Waals surface area contributed by atoms with Gasteiger partial charge in [0.1, 0.15) is 5.52 Å². The maximum Gasteiger partial charge on any atom is 0.241 e. The maximum atomic E-state index is 12.0. The number of nitrogens with two attached hydrogens (primary N) is 1. The Morgan fingerprint density at radius 1 is 1.57 bits per heavy atom. The monoisotopic (exact) mass is 305 g/mol. The first-order chi connectivity index (χ1) is 10.2. The lowest BCUT2D eigenvalue weighted by Gasteiger charge is -2.11. The highest BCUT2D eigenvalue weighted by atomic mass is 32.2. The van der Waals surface area contributed by atoms with E-state index in [-0.39, 0.29) is 5.91 Å². The number of nitrogens with zero attached hydrogens (tertiary/aromatic N) is 1. The zero-order valence-electron chi connectivity index (χ0n) is 12.0. The number of nitrogens with one attached hydrogen (secondary N) is 1. The predicted molar refractivity (Wildman–Crippen MR) is 85.6 cm³/mol. The van der Waals surface area contributed by atoms with Crippen LogP contribution in [0.1, 0.15) is 31.1 Å². The van der Waals surface area contributed by atoms with Crippen LogP contribution in [0, 0.1) is 0 Å². The van der Waals surface area contributed by atoms with Gasteiger partial charge in [-0.05, 0) is 43.4 Å². The molecule has 0 spiro atoms. The first kappa shape index (κ1) is 14.4. The van der Waals surface area contributed by atoms with Crippen LogP contribution in [0.3, 0.4) is 0 Å². The fourth-order valence-electron chi connectivity index (χ4n) is 2.14. The molecule has 1 fully saturated rings. The van der Waals surface area contributed by atoms with E-state index >= 15 is 0 Å². The van der Waals surface area contributed by atoms with Crippen LogP contribution in [-0.4, -0.2) is 28.9 Å². The van der Waals surface area contributed by atoms with Crippen molar-refractivity contribution in [2.75, 3.05) is 17.3 Å². The number of rotatable bonds is 6. The molecule has 3 N–H and O–H groups in total. The van der Waals surface area contributed by atoms with Crippen molar-refractivity contribution in [1.82, 2.24) is 4.98 Å². The van der Waals surface area contributed by atoms with Crippen molar-refractivity contribution in [3.63, 3.8) is 0 Å². The van der Waals surface area contributed by atoms with Crippen molar-refractivity contribution < 1.29 is 9.21 Å². The number of carbonyl (C=O) groups excluding carboxylic acids is 1. The van der Waals surface area contributed by atoms with E-state index in [1.807, 2.05) is 24.5 Å². The molecule has 1 amide bonds. The molecule has 5 nitrogen and oxygen atoms in total. The van der Waals surface area contributed by atoms with E-state index in [0.717, 1.165) is 30.0 Å². The van der Waals surface area contributed by atoms with Gasteiger partial charge in [0.2, 0.25) is 5.91 Å². The van der Waals surface area contributed by atoms with Gasteiger partial charge in [-0.15, -0.1) is 0 Å². The van der Waals surface area contributed by atoms with Crippen molar-refractivity contribution in [2.45, 2.75) is 31.2 Å². The predicted octanol–water partition coefficient (Wildman–Crippen LogP) is 2.72. The Kier molecular flexibility index (Phi) is 4.17. The molecule has 1 aromatic heterocycles. The van der Waals surface area contributed by atoms with Gasteiger partial charge in [-0.3, -0.25) is 4.79 Å². The van der Waals surface area contributed by atoms with E-state index in [1.54, 1.807) is 11.8 Å². The van der Waals surface area contributed by atoms with E-state index in [4.69, 9.17) is 10.2 Å². The Hall–Kier alpha value is -1.53. The minimum Gasteiger partial charge on any atom is -0.440 e. The lowest BCUT2D eigenvalue weighted by molar-refractivity contribution is -0.117. The first-order valence-corrected chi connectivity index (χ1v) is 8.52. The Labute approximate surface area is 127 Å². The second-order valence-corrected chi connectivity index (χ2v) is 6.37. The Bertz CT molecular complexity index is 651. The van der Waals surface area contributed by atoms with Gasteiger partial charge >= 0.3 is 0 Å². The molecule has 6 heteroatoms. The molecule has 1 saturated carbocycles. The van der Waals surface area contributed by atoms with Gasteiger partial charge in [0.05, 0.1) is 6.04 Å². The fourth-order valence-corrected chi connectivity index (χ4v) is 2.63. The summed E-state index contributed by atoms with van der Waals surface area (Å²) in [6.07, 6.45) is 4.98. The van der Waals surface area contributed by atoms with E-state index in [2.05, 4.69) is 10.3 Å². The molecular formula is C15H19N3O2S. The lowest BCUT2D eigenvalue weighted by atomic mass is 10.2. The normalized spacial score (nSPS) is 16.1. The highest BCUT2D eigenvalue weighted by Gasteiger charge is 2.28. The summed E-state index contributed by atoms with van der Waals surface area (Å²) in [5.74, 6) is 2.01. The molecule has 2 aromatic rings. The molecule has 112 valence electrons. The number of anilines is 1.